The van der Waals surface area contributed by atoms with Crippen molar-refractivity contribution in [2.24, 2.45) is 0 Å². The Labute approximate surface area is 175 Å². The number of carbonyl (C=O) groups excluding carboxylic acids is 1. The van der Waals surface area contributed by atoms with E-state index in [2.05, 4.69) is 26.6 Å². The number of nitrogens with one attached hydrogen (secondary N) is 2. The summed E-state index contributed by atoms with van der Waals surface area (Å²) in [5.41, 5.74) is 0.386. The van der Waals surface area contributed by atoms with Gasteiger partial charge in [0.25, 0.3) is 11.6 Å². The van der Waals surface area contributed by atoms with Crippen LogP contribution < -0.4 is 15.4 Å². The van der Waals surface area contributed by atoms with Gasteiger partial charge >= 0.3 is 0 Å². The van der Waals surface area contributed by atoms with Gasteiger partial charge in [0.15, 0.2) is 5.76 Å². The van der Waals surface area contributed by atoms with Crippen LogP contribution in [-0.2, 0) is 6.61 Å². The van der Waals surface area contributed by atoms with Gasteiger partial charge in [-0.05, 0) is 36.4 Å². The first kappa shape index (κ1) is 20.4. The van der Waals surface area contributed by atoms with Crippen LogP contribution in [-0.4, -0.2) is 23.9 Å². The first-order valence-electron chi connectivity index (χ1n) is 8.75. The van der Waals surface area contributed by atoms with Crippen LogP contribution in [0.25, 0.3) is 0 Å². The lowest BCUT2D eigenvalue weighted by molar-refractivity contribution is -0.384. The van der Waals surface area contributed by atoms with E-state index in [1.165, 1.54) is 6.07 Å². The van der Waals surface area contributed by atoms with Gasteiger partial charge in [-0.3, -0.25) is 14.9 Å². The summed E-state index contributed by atoms with van der Waals surface area (Å²) >= 11 is 3.37. The third-order valence-electron chi connectivity index (χ3n) is 3.89. The Morgan fingerprint density at radius 1 is 1.10 bits per heavy atom. The molecule has 0 saturated heterocycles. The monoisotopic (exact) mass is 459 g/mol. The summed E-state index contributed by atoms with van der Waals surface area (Å²) in [4.78, 5) is 22.7. The average Bonchev–Trinajstić information content (AvgIpc) is 3.19. The lowest BCUT2D eigenvalue weighted by Gasteiger charge is -2.07. The van der Waals surface area contributed by atoms with Gasteiger partial charge in [-0.25, -0.2) is 0 Å². The highest BCUT2D eigenvalue weighted by molar-refractivity contribution is 9.10. The molecule has 0 unspecified atom stereocenters. The van der Waals surface area contributed by atoms with Crippen molar-refractivity contribution < 1.29 is 18.9 Å². The van der Waals surface area contributed by atoms with Gasteiger partial charge in [0.2, 0.25) is 0 Å². The Bertz CT molecular complexity index is 1010. The van der Waals surface area contributed by atoms with Crippen molar-refractivity contribution in [3.8, 4) is 5.75 Å². The number of rotatable bonds is 9. The summed E-state index contributed by atoms with van der Waals surface area (Å²) in [5, 5.41) is 16.6. The number of benzene rings is 2. The highest BCUT2D eigenvalue weighted by atomic mass is 79.9. The summed E-state index contributed by atoms with van der Waals surface area (Å²) < 4.78 is 12.0. The van der Waals surface area contributed by atoms with Crippen molar-refractivity contribution in [3.05, 3.63) is 86.8 Å². The number of hydrogen-bond acceptors (Lipinski definition) is 6. The van der Waals surface area contributed by atoms with Crippen LogP contribution in [0.3, 0.4) is 0 Å². The van der Waals surface area contributed by atoms with Gasteiger partial charge in [-0.2, -0.15) is 0 Å². The molecule has 0 fully saturated rings. The maximum atomic E-state index is 12.2. The number of amides is 1. The maximum absolute atomic E-state index is 12.2. The summed E-state index contributed by atoms with van der Waals surface area (Å²) in [6.07, 6.45) is 0. The van der Waals surface area contributed by atoms with Crippen LogP contribution in [0.15, 0.2) is 69.6 Å². The van der Waals surface area contributed by atoms with Crippen molar-refractivity contribution in [2.45, 2.75) is 6.61 Å². The van der Waals surface area contributed by atoms with Crippen molar-refractivity contribution in [1.29, 1.82) is 0 Å². The molecule has 1 heterocycles. The second-order valence-corrected chi connectivity index (χ2v) is 6.88. The number of nitrogens with zero attached hydrogens (tertiary/aromatic N) is 1. The van der Waals surface area contributed by atoms with E-state index in [9.17, 15) is 14.9 Å². The zero-order chi connectivity index (χ0) is 20.6. The first-order chi connectivity index (χ1) is 14.0. The topological polar surface area (TPSA) is 107 Å². The van der Waals surface area contributed by atoms with Crippen molar-refractivity contribution in [1.82, 2.24) is 5.32 Å². The second kappa shape index (κ2) is 9.74. The summed E-state index contributed by atoms with van der Waals surface area (Å²) in [6, 6.07) is 17.0. The minimum atomic E-state index is -0.457. The molecule has 0 aliphatic rings. The fourth-order valence-electron chi connectivity index (χ4n) is 2.53. The van der Waals surface area contributed by atoms with E-state index in [-0.39, 0.29) is 30.5 Å². The van der Waals surface area contributed by atoms with Crippen LogP contribution in [0, 0.1) is 10.1 Å². The number of furan rings is 1. The van der Waals surface area contributed by atoms with Gasteiger partial charge in [-0.15, -0.1) is 0 Å². The van der Waals surface area contributed by atoms with E-state index in [0.717, 1.165) is 4.47 Å². The Hall–Kier alpha value is -3.33. The molecule has 0 radical (unpaired) electrons. The molecule has 2 N–H and O–H groups in total. The van der Waals surface area contributed by atoms with E-state index < -0.39 is 4.92 Å². The second-order valence-electron chi connectivity index (χ2n) is 5.97. The molecule has 0 spiro atoms. The fraction of sp³-hybridized carbons (Fsp3) is 0.150. The molecular weight excluding hydrogens is 442 g/mol. The van der Waals surface area contributed by atoms with Gasteiger partial charge in [-0.1, -0.05) is 34.1 Å². The van der Waals surface area contributed by atoms with Crippen LogP contribution in [0.2, 0.25) is 0 Å². The molecule has 2 aromatic carbocycles. The fourth-order valence-corrected chi connectivity index (χ4v) is 2.91. The molecule has 3 aromatic rings. The highest BCUT2D eigenvalue weighted by Gasteiger charge is 2.13. The van der Waals surface area contributed by atoms with Gasteiger partial charge < -0.3 is 19.8 Å². The molecule has 9 heteroatoms. The number of ether oxygens (including phenoxy) is 1. The predicted molar refractivity (Wildman–Crippen MR) is 111 cm³/mol. The minimum Gasteiger partial charge on any atom is -0.486 e. The maximum Gasteiger partial charge on any atom is 0.292 e. The van der Waals surface area contributed by atoms with Crippen molar-refractivity contribution in [2.75, 3.05) is 18.4 Å². The lowest BCUT2D eigenvalue weighted by atomic mass is 10.2. The number of para-hydroxylation sites is 2. The summed E-state index contributed by atoms with van der Waals surface area (Å²) in [6.45, 7) is 0.800. The van der Waals surface area contributed by atoms with Crippen molar-refractivity contribution in [3.63, 3.8) is 0 Å². The zero-order valence-electron chi connectivity index (χ0n) is 15.3. The van der Waals surface area contributed by atoms with E-state index in [1.54, 1.807) is 30.3 Å². The predicted octanol–water partition coefficient (Wildman–Crippen LogP) is 4.37. The molecule has 0 saturated carbocycles. The Balaban J connectivity index is 1.45. The van der Waals surface area contributed by atoms with E-state index >= 15 is 0 Å². The number of carbonyl (C=O) groups is 1. The number of nitro benzene ring substituents is 1. The molecule has 29 heavy (non-hydrogen) atoms. The lowest BCUT2D eigenvalue weighted by Crippen LogP contribution is -2.28. The highest BCUT2D eigenvalue weighted by Crippen LogP contribution is 2.22. The molecule has 0 aliphatic carbocycles. The summed E-state index contributed by atoms with van der Waals surface area (Å²) in [5.74, 6) is 1.00. The molecule has 1 amide bonds. The van der Waals surface area contributed by atoms with Gasteiger partial charge in [0.05, 0.1) is 4.92 Å². The van der Waals surface area contributed by atoms with Crippen LogP contribution in [0.4, 0.5) is 11.4 Å². The first-order valence-corrected chi connectivity index (χ1v) is 9.55. The van der Waals surface area contributed by atoms with Crippen LogP contribution >= 0.6 is 15.9 Å². The minimum absolute atomic E-state index is 0.0139. The van der Waals surface area contributed by atoms with Gasteiger partial charge in [0, 0.05) is 23.6 Å². The van der Waals surface area contributed by atoms with E-state index in [1.807, 2.05) is 24.3 Å². The normalized spacial score (nSPS) is 10.4. The van der Waals surface area contributed by atoms with E-state index in [4.69, 9.17) is 9.15 Å². The third kappa shape index (κ3) is 5.82. The van der Waals surface area contributed by atoms with Crippen LogP contribution in [0.1, 0.15) is 16.3 Å². The van der Waals surface area contributed by atoms with Gasteiger partial charge in [0.1, 0.15) is 23.8 Å². The SMILES string of the molecule is O=C(NCCNc1ccccc1[N+](=O)[O-])c1ccc(COc2cccc(Br)c2)o1. The Morgan fingerprint density at radius 2 is 1.93 bits per heavy atom. The summed E-state index contributed by atoms with van der Waals surface area (Å²) in [7, 11) is 0. The number of halogens is 1. The molecule has 3 rings (SSSR count). The van der Waals surface area contributed by atoms with Crippen LogP contribution in [0.5, 0.6) is 5.75 Å². The quantitative estimate of drug-likeness (QED) is 0.279. The molecule has 150 valence electrons. The zero-order valence-corrected chi connectivity index (χ0v) is 16.8. The molecular formula is C20H18BrN3O5. The largest absolute Gasteiger partial charge is 0.486 e. The van der Waals surface area contributed by atoms with Crippen molar-refractivity contribution >= 4 is 33.2 Å². The smallest absolute Gasteiger partial charge is 0.292 e. The standard InChI is InChI=1S/C20H18BrN3O5/c21-14-4-3-5-15(12-14)28-13-16-8-9-19(29-16)20(25)23-11-10-22-17-6-1-2-7-18(17)24(26)27/h1-9,12,22H,10-11,13H2,(H,23,25). The number of hydrogen-bond donors (Lipinski definition) is 2. The number of anilines is 1. The average molecular weight is 460 g/mol. The third-order valence-corrected chi connectivity index (χ3v) is 4.38. The Morgan fingerprint density at radius 3 is 2.72 bits per heavy atom. The molecule has 0 aliphatic heterocycles. The number of nitro groups is 1. The van der Waals surface area contributed by atoms with E-state index in [0.29, 0.717) is 23.7 Å². The molecule has 0 bridgehead atoms. The molecule has 1 aromatic heterocycles. The Kier molecular flexibility index (Phi) is 6.85. The molecule has 0 atom stereocenters. The molecule has 8 nitrogen and oxygen atoms in total.